The van der Waals surface area contributed by atoms with Crippen molar-refractivity contribution in [1.82, 2.24) is 5.32 Å². The summed E-state index contributed by atoms with van der Waals surface area (Å²) < 4.78 is 22.1. The number of carbonyl (C=O) groups is 1. The number of hydrogen-bond acceptors (Lipinski definition) is 3. The van der Waals surface area contributed by atoms with Gasteiger partial charge in [-0.1, -0.05) is 26.0 Å². The standard InChI is InChI=1S/C12H18N2O3S/c1-9(2)7-12(15)14-8-10-3-5-11(6-4-10)18(13,16)17/h3-6,9H,7-8H2,1-2H3,(H,14,15)(H2,13,16,17). The minimum absolute atomic E-state index is 0.0134. The van der Waals surface area contributed by atoms with E-state index in [-0.39, 0.29) is 10.8 Å². The van der Waals surface area contributed by atoms with Crippen LogP contribution in [0.1, 0.15) is 25.8 Å². The zero-order valence-electron chi connectivity index (χ0n) is 10.5. The van der Waals surface area contributed by atoms with Gasteiger partial charge in [-0.05, 0) is 23.6 Å². The van der Waals surface area contributed by atoms with Crippen LogP contribution in [0.15, 0.2) is 29.2 Å². The van der Waals surface area contributed by atoms with Crippen molar-refractivity contribution in [2.45, 2.75) is 31.7 Å². The average molecular weight is 270 g/mol. The first-order valence-corrected chi connectivity index (χ1v) is 7.22. The second kappa shape index (κ2) is 5.97. The molecule has 0 radical (unpaired) electrons. The lowest BCUT2D eigenvalue weighted by molar-refractivity contribution is -0.121. The van der Waals surface area contributed by atoms with E-state index in [2.05, 4.69) is 5.32 Å². The Hall–Kier alpha value is -1.40. The van der Waals surface area contributed by atoms with Crippen molar-refractivity contribution in [1.29, 1.82) is 0 Å². The maximum atomic E-state index is 11.4. The highest BCUT2D eigenvalue weighted by atomic mass is 32.2. The summed E-state index contributed by atoms with van der Waals surface area (Å²) in [4.78, 5) is 11.5. The highest BCUT2D eigenvalue weighted by Crippen LogP contribution is 2.08. The van der Waals surface area contributed by atoms with E-state index in [4.69, 9.17) is 5.14 Å². The molecule has 0 fully saturated rings. The molecule has 0 aliphatic carbocycles. The van der Waals surface area contributed by atoms with Crippen LogP contribution in [0, 0.1) is 5.92 Å². The molecular weight excluding hydrogens is 252 g/mol. The third-order valence-corrected chi connectivity index (χ3v) is 3.26. The molecule has 0 saturated carbocycles. The maximum Gasteiger partial charge on any atom is 0.238 e. The molecule has 0 aliphatic heterocycles. The Balaban J connectivity index is 2.57. The van der Waals surface area contributed by atoms with Gasteiger partial charge in [-0.15, -0.1) is 0 Å². The van der Waals surface area contributed by atoms with Crippen LogP contribution in [0.3, 0.4) is 0 Å². The molecule has 5 nitrogen and oxygen atoms in total. The van der Waals surface area contributed by atoms with Gasteiger partial charge in [0.25, 0.3) is 0 Å². The Morgan fingerprint density at radius 1 is 1.28 bits per heavy atom. The van der Waals surface area contributed by atoms with Gasteiger partial charge in [-0.2, -0.15) is 0 Å². The molecule has 3 N–H and O–H groups in total. The second-order valence-corrected chi connectivity index (χ2v) is 6.13. The smallest absolute Gasteiger partial charge is 0.238 e. The van der Waals surface area contributed by atoms with Crippen molar-refractivity contribution in [3.05, 3.63) is 29.8 Å². The molecule has 0 spiro atoms. The van der Waals surface area contributed by atoms with E-state index in [9.17, 15) is 13.2 Å². The summed E-state index contributed by atoms with van der Waals surface area (Å²) in [5.41, 5.74) is 0.833. The molecule has 0 heterocycles. The quantitative estimate of drug-likeness (QED) is 0.836. The molecule has 1 aromatic rings. The third kappa shape index (κ3) is 4.85. The molecule has 6 heteroatoms. The molecule has 18 heavy (non-hydrogen) atoms. The number of primary sulfonamides is 1. The molecule has 1 aromatic carbocycles. The number of sulfonamides is 1. The third-order valence-electron chi connectivity index (χ3n) is 2.34. The van der Waals surface area contributed by atoms with Crippen LogP contribution >= 0.6 is 0 Å². The Bertz CT molecular complexity index is 507. The van der Waals surface area contributed by atoms with Crippen molar-refractivity contribution < 1.29 is 13.2 Å². The fourth-order valence-corrected chi connectivity index (χ4v) is 1.96. The van der Waals surface area contributed by atoms with Crippen molar-refractivity contribution >= 4 is 15.9 Å². The number of nitrogens with two attached hydrogens (primary N) is 1. The molecule has 0 bridgehead atoms. The fraction of sp³-hybridized carbons (Fsp3) is 0.417. The first-order valence-electron chi connectivity index (χ1n) is 5.67. The normalized spacial score (nSPS) is 11.6. The molecule has 0 atom stereocenters. The van der Waals surface area contributed by atoms with Crippen LogP contribution < -0.4 is 10.5 Å². The lowest BCUT2D eigenvalue weighted by atomic mass is 10.1. The molecule has 0 unspecified atom stereocenters. The first kappa shape index (κ1) is 14.7. The number of rotatable bonds is 5. The largest absolute Gasteiger partial charge is 0.352 e. The summed E-state index contributed by atoms with van der Waals surface area (Å²) in [5, 5.41) is 7.76. The number of amides is 1. The Morgan fingerprint density at radius 3 is 2.28 bits per heavy atom. The van der Waals surface area contributed by atoms with Crippen LogP contribution in [0.2, 0.25) is 0 Å². The monoisotopic (exact) mass is 270 g/mol. The predicted molar refractivity (Wildman–Crippen MR) is 69.1 cm³/mol. The van der Waals surface area contributed by atoms with Gasteiger partial charge in [0, 0.05) is 13.0 Å². The lowest BCUT2D eigenvalue weighted by Crippen LogP contribution is -2.23. The predicted octanol–water partition coefficient (Wildman–Crippen LogP) is 0.996. The second-order valence-electron chi connectivity index (χ2n) is 4.56. The number of nitrogens with one attached hydrogen (secondary N) is 1. The van der Waals surface area contributed by atoms with Crippen molar-refractivity contribution in [3.63, 3.8) is 0 Å². The zero-order chi connectivity index (χ0) is 13.8. The topological polar surface area (TPSA) is 89.3 Å². The van der Waals surface area contributed by atoms with Crippen LogP contribution in [0.25, 0.3) is 0 Å². The Labute approximate surface area is 107 Å². The Morgan fingerprint density at radius 2 is 1.83 bits per heavy atom. The zero-order valence-corrected chi connectivity index (χ0v) is 11.3. The van der Waals surface area contributed by atoms with Crippen LogP contribution in [0.5, 0.6) is 0 Å². The van der Waals surface area contributed by atoms with Gasteiger partial charge in [0.1, 0.15) is 0 Å². The maximum absolute atomic E-state index is 11.4. The Kier molecular flexibility index (Phi) is 4.86. The van der Waals surface area contributed by atoms with Gasteiger partial charge in [0.15, 0.2) is 0 Å². The van der Waals surface area contributed by atoms with Gasteiger partial charge < -0.3 is 5.32 Å². The van der Waals surface area contributed by atoms with Gasteiger partial charge in [-0.25, -0.2) is 13.6 Å². The van der Waals surface area contributed by atoms with Gasteiger partial charge in [-0.3, -0.25) is 4.79 Å². The summed E-state index contributed by atoms with van der Waals surface area (Å²) in [6.07, 6.45) is 0.481. The minimum atomic E-state index is -3.65. The van der Waals surface area contributed by atoms with E-state index in [1.807, 2.05) is 13.8 Å². The van der Waals surface area contributed by atoms with Gasteiger partial charge in [0.05, 0.1) is 4.90 Å². The van der Waals surface area contributed by atoms with E-state index >= 15 is 0 Å². The summed E-state index contributed by atoms with van der Waals surface area (Å²) >= 11 is 0. The van der Waals surface area contributed by atoms with E-state index in [0.717, 1.165) is 5.56 Å². The van der Waals surface area contributed by atoms with Crippen LogP contribution in [-0.4, -0.2) is 14.3 Å². The molecule has 1 amide bonds. The molecular formula is C12H18N2O3S. The van der Waals surface area contributed by atoms with Crippen molar-refractivity contribution in [2.24, 2.45) is 11.1 Å². The summed E-state index contributed by atoms with van der Waals surface area (Å²) in [7, 11) is -3.65. The van der Waals surface area contributed by atoms with Crippen LogP contribution in [-0.2, 0) is 21.4 Å². The lowest BCUT2D eigenvalue weighted by Gasteiger charge is -2.07. The van der Waals surface area contributed by atoms with Crippen molar-refractivity contribution in [2.75, 3.05) is 0 Å². The number of carbonyl (C=O) groups excluding carboxylic acids is 1. The average Bonchev–Trinajstić information content (AvgIpc) is 2.25. The minimum Gasteiger partial charge on any atom is -0.352 e. The van der Waals surface area contributed by atoms with Crippen LogP contribution in [0.4, 0.5) is 0 Å². The molecule has 0 saturated heterocycles. The molecule has 0 aliphatic rings. The van der Waals surface area contributed by atoms with E-state index in [1.165, 1.54) is 12.1 Å². The SMILES string of the molecule is CC(C)CC(=O)NCc1ccc(S(N)(=O)=O)cc1. The first-order chi connectivity index (χ1) is 8.29. The summed E-state index contributed by atoms with van der Waals surface area (Å²) in [6, 6.07) is 6.13. The van der Waals surface area contributed by atoms with E-state index < -0.39 is 10.0 Å². The highest BCUT2D eigenvalue weighted by molar-refractivity contribution is 7.89. The fourth-order valence-electron chi connectivity index (χ4n) is 1.44. The number of hydrogen-bond donors (Lipinski definition) is 2. The van der Waals surface area contributed by atoms with Crippen molar-refractivity contribution in [3.8, 4) is 0 Å². The molecule has 1 rings (SSSR count). The van der Waals surface area contributed by atoms with Gasteiger partial charge in [0.2, 0.25) is 15.9 Å². The van der Waals surface area contributed by atoms with E-state index in [1.54, 1.807) is 12.1 Å². The summed E-state index contributed by atoms with van der Waals surface area (Å²) in [5.74, 6) is 0.301. The number of benzene rings is 1. The summed E-state index contributed by atoms with van der Waals surface area (Å²) in [6.45, 7) is 4.33. The van der Waals surface area contributed by atoms with E-state index in [0.29, 0.717) is 18.9 Å². The molecule has 100 valence electrons. The van der Waals surface area contributed by atoms with Gasteiger partial charge >= 0.3 is 0 Å². The molecule has 0 aromatic heterocycles. The highest BCUT2D eigenvalue weighted by Gasteiger charge is 2.07.